The van der Waals surface area contributed by atoms with E-state index >= 15 is 0 Å². The molecule has 0 aromatic heterocycles. The van der Waals surface area contributed by atoms with Crippen molar-refractivity contribution in [3.8, 4) is 11.5 Å². The van der Waals surface area contributed by atoms with Gasteiger partial charge in [-0.15, -0.1) is 0 Å². The van der Waals surface area contributed by atoms with E-state index in [2.05, 4.69) is 5.32 Å². The molecule has 1 amide bonds. The first-order valence-corrected chi connectivity index (χ1v) is 7.43. The highest BCUT2D eigenvalue weighted by Gasteiger charge is 2.31. The second-order valence-electron chi connectivity index (χ2n) is 5.41. The van der Waals surface area contributed by atoms with Crippen molar-refractivity contribution in [3.63, 3.8) is 0 Å². The lowest BCUT2D eigenvalue weighted by molar-refractivity contribution is -0.122. The Morgan fingerprint density at radius 2 is 2.05 bits per heavy atom. The number of thiocarbonyl (C=S) groups is 1. The summed E-state index contributed by atoms with van der Waals surface area (Å²) in [6.45, 7) is 4.69. The molecule has 0 bridgehead atoms. The standard InChI is InChI=1S/C16H20N2O3S/c1-10(2)9-18-15(19)13(17-16(18)22)7-11-5-6-12(20-3)8-14(11)21-4/h5-8,10H,9H2,1-4H3,(H,17,22)/b13-7+. The number of carbonyl (C=O) groups is 1. The van der Waals surface area contributed by atoms with Gasteiger partial charge in [0.05, 0.1) is 14.2 Å². The van der Waals surface area contributed by atoms with Gasteiger partial charge in [-0.05, 0) is 36.3 Å². The van der Waals surface area contributed by atoms with Gasteiger partial charge in [-0.3, -0.25) is 9.69 Å². The summed E-state index contributed by atoms with van der Waals surface area (Å²) in [5.41, 5.74) is 1.24. The molecule has 0 saturated carbocycles. The van der Waals surface area contributed by atoms with Crippen LogP contribution in [0.25, 0.3) is 6.08 Å². The maximum absolute atomic E-state index is 12.4. The number of amides is 1. The topological polar surface area (TPSA) is 50.8 Å². The van der Waals surface area contributed by atoms with Crippen LogP contribution in [-0.2, 0) is 4.79 Å². The largest absolute Gasteiger partial charge is 0.497 e. The van der Waals surface area contributed by atoms with Crippen molar-refractivity contribution in [1.82, 2.24) is 10.2 Å². The van der Waals surface area contributed by atoms with Crippen molar-refractivity contribution in [1.29, 1.82) is 0 Å². The molecule has 0 unspecified atom stereocenters. The number of ether oxygens (including phenoxy) is 2. The summed E-state index contributed by atoms with van der Waals surface area (Å²) in [5.74, 6) is 1.56. The summed E-state index contributed by atoms with van der Waals surface area (Å²) in [5, 5.41) is 3.41. The van der Waals surface area contributed by atoms with Gasteiger partial charge in [0, 0.05) is 18.2 Å². The van der Waals surface area contributed by atoms with Crippen molar-refractivity contribution < 1.29 is 14.3 Å². The van der Waals surface area contributed by atoms with E-state index in [1.54, 1.807) is 31.3 Å². The highest BCUT2D eigenvalue weighted by molar-refractivity contribution is 7.80. The lowest BCUT2D eigenvalue weighted by Crippen LogP contribution is -2.33. The molecule has 0 radical (unpaired) electrons. The van der Waals surface area contributed by atoms with Crippen LogP contribution in [0.4, 0.5) is 0 Å². The molecule has 2 rings (SSSR count). The van der Waals surface area contributed by atoms with Gasteiger partial charge in [-0.2, -0.15) is 0 Å². The smallest absolute Gasteiger partial charge is 0.276 e. The van der Waals surface area contributed by atoms with Crippen LogP contribution < -0.4 is 14.8 Å². The molecule has 118 valence electrons. The third-order valence-electron chi connectivity index (χ3n) is 3.25. The molecule has 0 aliphatic carbocycles. The second kappa shape index (κ2) is 6.79. The van der Waals surface area contributed by atoms with Crippen LogP contribution in [0.3, 0.4) is 0 Å². The average Bonchev–Trinajstić information content (AvgIpc) is 2.75. The highest BCUT2D eigenvalue weighted by atomic mass is 32.1. The molecule has 1 fully saturated rings. The number of nitrogens with zero attached hydrogens (tertiary/aromatic N) is 1. The molecular formula is C16H20N2O3S. The minimum Gasteiger partial charge on any atom is -0.497 e. The number of carbonyl (C=O) groups excluding carboxylic acids is 1. The van der Waals surface area contributed by atoms with E-state index in [1.165, 1.54) is 0 Å². The normalized spacial score (nSPS) is 16.4. The van der Waals surface area contributed by atoms with Crippen LogP contribution in [0.1, 0.15) is 19.4 Å². The van der Waals surface area contributed by atoms with Crippen LogP contribution in [0.5, 0.6) is 11.5 Å². The summed E-state index contributed by atoms with van der Waals surface area (Å²) in [6, 6.07) is 5.43. The Balaban J connectivity index is 2.30. The molecule has 1 aromatic rings. The van der Waals surface area contributed by atoms with Crippen LogP contribution in [0, 0.1) is 5.92 Å². The van der Waals surface area contributed by atoms with Crippen LogP contribution in [0.15, 0.2) is 23.9 Å². The molecule has 5 nitrogen and oxygen atoms in total. The summed E-state index contributed by atoms with van der Waals surface area (Å²) in [7, 11) is 3.17. The van der Waals surface area contributed by atoms with Crippen molar-refractivity contribution >= 4 is 29.3 Å². The van der Waals surface area contributed by atoms with Gasteiger partial charge in [0.15, 0.2) is 5.11 Å². The van der Waals surface area contributed by atoms with E-state index < -0.39 is 0 Å². The Hall–Kier alpha value is -2.08. The van der Waals surface area contributed by atoms with E-state index in [0.29, 0.717) is 34.8 Å². The molecule has 1 saturated heterocycles. The molecule has 1 aromatic carbocycles. The Kier molecular flexibility index (Phi) is 5.03. The highest BCUT2D eigenvalue weighted by Crippen LogP contribution is 2.27. The lowest BCUT2D eigenvalue weighted by Gasteiger charge is -2.16. The summed E-state index contributed by atoms with van der Waals surface area (Å²) in [6.07, 6.45) is 1.74. The van der Waals surface area contributed by atoms with E-state index in [4.69, 9.17) is 21.7 Å². The molecule has 22 heavy (non-hydrogen) atoms. The SMILES string of the molecule is COc1ccc(/C=C2/NC(=S)N(CC(C)C)C2=O)c(OC)c1. The van der Waals surface area contributed by atoms with Gasteiger partial charge in [0.2, 0.25) is 0 Å². The van der Waals surface area contributed by atoms with Crippen molar-refractivity contribution in [2.24, 2.45) is 5.92 Å². The molecule has 1 aliphatic heterocycles. The van der Waals surface area contributed by atoms with E-state index in [-0.39, 0.29) is 5.91 Å². The fourth-order valence-corrected chi connectivity index (χ4v) is 2.46. The zero-order valence-corrected chi connectivity index (χ0v) is 14.0. The van der Waals surface area contributed by atoms with E-state index in [1.807, 2.05) is 26.0 Å². The summed E-state index contributed by atoms with van der Waals surface area (Å²) in [4.78, 5) is 14.0. The minimum absolute atomic E-state index is 0.114. The number of hydrogen-bond acceptors (Lipinski definition) is 4. The maximum Gasteiger partial charge on any atom is 0.276 e. The predicted molar refractivity (Wildman–Crippen MR) is 89.8 cm³/mol. The maximum atomic E-state index is 12.4. The second-order valence-corrected chi connectivity index (χ2v) is 5.79. The lowest BCUT2D eigenvalue weighted by atomic mass is 10.1. The summed E-state index contributed by atoms with van der Waals surface area (Å²) >= 11 is 5.23. The van der Waals surface area contributed by atoms with Crippen molar-refractivity contribution in [2.45, 2.75) is 13.8 Å². The third kappa shape index (κ3) is 3.39. The van der Waals surface area contributed by atoms with Crippen LogP contribution in [0.2, 0.25) is 0 Å². The quantitative estimate of drug-likeness (QED) is 0.667. The van der Waals surface area contributed by atoms with Gasteiger partial charge in [0.25, 0.3) is 5.91 Å². The first-order valence-electron chi connectivity index (χ1n) is 7.02. The van der Waals surface area contributed by atoms with Crippen molar-refractivity contribution in [2.75, 3.05) is 20.8 Å². The van der Waals surface area contributed by atoms with Crippen LogP contribution in [-0.4, -0.2) is 36.7 Å². The monoisotopic (exact) mass is 320 g/mol. The van der Waals surface area contributed by atoms with Gasteiger partial charge in [0.1, 0.15) is 17.2 Å². The minimum atomic E-state index is -0.114. The number of benzene rings is 1. The van der Waals surface area contributed by atoms with E-state index in [0.717, 1.165) is 5.56 Å². The molecule has 6 heteroatoms. The first-order chi connectivity index (χ1) is 10.5. The molecule has 1 aliphatic rings. The van der Waals surface area contributed by atoms with Crippen LogP contribution >= 0.6 is 12.2 Å². The summed E-state index contributed by atoms with van der Waals surface area (Å²) < 4.78 is 10.5. The first kappa shape index (κ1) is 16.3. The predicted octanol–water partition coefficient (Wildman–Crippen LogP) is 2.42. The van der Waals surface area contributed by atoms with Crippen molar-refractivity contribution in [3.05, 3.63) is 29.5 Å². The van der Waals surface area contributed by atoms with Gasteiger partial charge in [-0.1, -0.05) is 13.8 Å². The molecule has 0 spiro atoms. The number of hydrogen-bond donors (Lipinski definition) is 1. The molecule has 0 atom stereocenters. The Labute approximate surface area is 135 Å². The third-order valence-corrected chi connectivity index (χ3v) is 3.57. The fourth-order valence-electron chi connectivity index (χ4n) is 2.20. The van der Waals surface area contributed by atoms with E-state index in [9.17, 15) is 4.79 Å². The Morgan fingerprint density at radius 1 is 1.32 bits per heavy atom. The fraction of sp³-hybridized carbons (Fsp3) is 0.375. The average molecular weight is 320 g/mol. The Bertz CT molecular complexity index is 626. The zero-order valence-electron chi connectivity index (χ0n) is 13.2. The molecule has 1 N–H and O–H groups in total. The van der Waals surface area contributed by atoms with Gasteiger partial charge in [-0.25, -0.2) is 0 Å². The number of methoxy groups -OCH3 is 2. The Morgan fingerprint density at radius 3 is 2.64 bits per heavy atom. The van der Waals surface area contributed by atoms with Gasteiger partial charge >= 0.3 is 0 Å². The zero-order chi connectivity index (χ0) is 16.3. The van der Waals surface area contributed by atoms with Gasteiger partial charge < -0.3 is 14.8 Å². The molecular weight excluding hydrogens is 300 g/mol. The molecule has 1 heterocycles. The number of nitrogens with one attached hydrogen (secondary N) is 1. The number of rotatable bonds is 5.